The molecule has 0 saturated carbocycles. The number of phenolic OH excluding ortho intramolecular Hbond substituents is 1. The van der Waals surface area contributed by atoms with Crippen molar-refractivity contribution in [1.82, 2.24) is 20.5 Å². The Balaban J connectivity index is 1.32. The van der Waals surface area contributed by atoms with E-state index in [4.69, 9.17) is 9.15 Å². The molecule has 2 fully saturated rings. The Hall–Kier alpha value is -3.20. The van der Waals surface area contributed by atoms with Crippen molar-refractivity contribution in [1.29, 1.82) is 0 Å². The molecule has 5 rings (SSSR count). The fourth-order valence-electron chi connectivity index (χ4n) is 4.28. The first-order valence-corrected chi connectivity index (χ1v) is 9.99. The van der Waals surface area contributed by atoms with Crippen molar-refractivity contribution in [3.63, 3.8) is 0 Å². The van der Waals surface area contributed by atoms with Gasteiger partial charge < -0.3 is 19.6 Å². The average Bonchev–Trinajstić information content (AvgIpc) is 3.19. The molecule has 0 aliphatic carbocycles. The lowest BCUT2D eigenvalue weighted by atomic mass is 9.84. The van der Waals surface area contributed by atoms with Gasteiger partial charge in [-0.25, -0.2) is 9.18 Å². The third kappa shape index (κ3) is 3.56. The predicted octanol–water partition coefficient (Wildman–Crippen LogP) is 2.80. The molecule has 9 heteroatoms. The van der Waals surface area contributed by atoms with Gasteiger partial charge in [0, 0.05) is 35.7 Å². The molecule has 2 aliphatic heterocycles. The second-order valence-corrected chi connectivity index (χ2v) is 7.77. The van der Waals surface area contributed by atoms with Crippen molar-refractivity contribution in [2.75, 3.05) is 0 Å². The Morgan fingerprint density at radius 2 is 2.10 bits per heavy atom. The summed E-state index contributed by atoms with van der Waals surface area (Å²) in [6, 6.07) is 8.27. The third-order valence-electron chi connectivity index (χ3n) is 5.77. The molecule has 4 heterocycles. The van der Waals surface area contributed by atoms with E-state index >= 15 is 0 Å². The molecule has 2 bridgehead atoms. The molecule has 1 aromatic carbocycles. The smallest absolute Gasteiger partial charge is 0.416 e. The van der Waals surface area contributed by atoms with Crippen LogP contribution in [0.25, 0.3) is 22.6 Å². The summed E-state index contributed by atoms with van der Waals surface area (Å²) in [6.45, 7) is 0. The van der Waals surface area contributed by atoms with Crippen LogP contribution in [0, 0.1) is 0 Å². The predicted molar refractivity (Wildman–Crippen MR) is 106 cm³/mol. The molecule has 0 spiro atoms. The van der Waals surface area contributed by atoms with Gasteiger partial charge in [-0.15, -0.1) is 10.2 Å². The number of rotatable bonds is 4. The number of aromatic nitrogens is 3. The van der Waals surface area contributed by atoms with Crippen molar-refractivity contribution in [2.24, 2.45) is 0 Å². The van der Waals surface area contributed by atoms with Gasteiger partial charge in [-0.1, -0.05) is 12.5 Å². The molecule has 2 aliphatic rings. The highest BCUT2D eigenvalue weighted by Gasteiger charge is 2.41. The Bertz CT molecular complexity index is 1100. The maximum Gasteiger partial charge on any atom is 0.416 e. The van der Waals surface area contributed by atoms with Crippen molar-refractivity contribution in [2.45, 2.75) is 50.0 Å². The third-order valence-corrected chi connectivity index (χ3v) is 5.77. The van der Waals surface area contributed by atoms with Crippen LogP contribution in [-0.2, 0) is 0 Å². The fraction of sp³-hybridized carbons (Fsp3) is 0.381. The monoisotopic (exact) mass is 412 g/mol. The van der Waals surface area contributed by atoms with Crippen molar-refractivity contribution in [3.8, 4) is 34.2 Å². The first kappa shape index (κ1) is 18.8. The van der Waals surface area contributed by atoms with Gasteiger partial charge in [0.2, 0.25) is 5.88 Å². The molecule has 8 nitrogen and oxygen atoms in total. The minimum Gasteiger partial charge on any atom is -0.507 e. The standard InChI is InChI=1S/C21H21FN4O4/c22-20-15-3-1-2-12(24-15)9-17(20)29-19-7-6-14(25-26-19)13-5-4-11(8-16(13)27)18-10-23-21(28)30-18/h4-8,10,12,15,17,20,24,27H,1-3,9H2,(H,23,28)/t12?,15?,17-,20+/m0/s1. The van der Waals surface area contributed by atoms with Gasteiger partial charge in [0.05, 0.1) is 11.9 Å². The topological polar surface area (TPSA) is 113 Å². The highest BCUT2D eigenvalue weighted by molar-refractivity contribution is 5.72. The number of aromatic hydroxyl groups is 1. The first-order chi connectivity index (χ1) is 14.6. The number of nitrogens with zero attached hydrogens (tertiary/aromatic N) is 2. The van der Waals surface area contributed by atoms with Gasteiger partial charge in [0.25, 0.3) is 0 Å². The van der Waals surface area contributed by atoms with Crippen molar-refractivity contribution < 1.29 is 18.7 Å². The summed E-state index contributed by atoms with van der Waals surface area (Å²) >= 11 is 0. The van der Waals surface area contributed by atoms with Crippen LogP contribution in [0.5, 0.6) is 11.6 Å². The largest absolute Gasteiger partial charge is 0.507 e. The zero-order chi connectivity index (χ0) is 20.7. The lowest BCUT2D eigenvalue weighted by Gasteiger charge is -2.42. The highest BCUT2D eigenvalue weighted by Crippen LogP contribution is 2.33. The van der Waals surface area contributed by atoms with Crippen LogP contribution < -0.4 is 15.8 Å². The number of oxazole rings is 1. The summed E-state index contributed by atoms with van der Waals surface area (Å²) < 4.78 is 25.5. The number of halogens is 1. The Morgan fingerprint density at radius 1 is 1.20 bits per heavy atom. The fourth-order valence-corrected chi connectivity index (χ4v) is 4.28. The summed E-state index contributed by atoms with van der Waals surface area (Å²) in [4.78, 5) is 13.6. The van der Waals surface area contributed by atoms with Gasteiger partial charge in [-0.05, 0) is 31.0 Å². The van der Waals surface area contributed by atoms with Gasteiger partial charge >= 0.3 is 5.76 Å². The molecule has 0 radical (unpaired) electrons. The molecule has 2 saturated heterocycles. The summed E-state index contributed by atoms with van der Waals surface area (Å²) in [5, 5.41) is 21.9. The van der Waals surface area contributed by atoms with Crippen LogP contribution in [0.4, 0.5) is 4.39 Å². The number of ether oxygens (including phenoxy) is 1. The highest BCUT2D eigenvalue weighted by atomic mass is 19.1. The molecule has 2 aromatic heterocycles. The number of H-pyrrole nitrogens is 1. The number of nitrogens with one attached hydrogen (secondary N) is 2. The number of aromatic amines is 1. The molecular weight excluding hydrogens is 391 g/mol. The van der Waals surface area contributed by atoms with Crippen LogP contribution in [-0.4, -0.2) is 44.6 Å². The number of piperidine rings is 2. The summed E-state index contributed by atoms with van der Waals surface area (Å²) in [7, 11) is 0. The zero-order valence-electron chi connectivity index (χ0n) is 16.0. The van der Waals surface area contributed by atoms with Crippen molar-refractivity contribution >= 4 is 0 Å². The van der Waals surface area contributed by atoms with E-state index < -0.39 is 18.0 Å². The maximum atomic E-state index is 14.7. The number of alkyl halides is 1. The quantitative estimate of drug-likeness (QED) is 0.604. The summed E-state index contributed by atoms with van der Waals surface area (Å²) in [5.74, 6) is -0.0157. The number of hydrogen-bond acceptors (Lipinski definition) is 7. The molecule has 3 aromatic rings. The minimum atomic E-state index is -1.08. The normalized spacial score (nSPS) is 25.8. The van der Waals surface area contributed by atoms with E-state index in [2.05, 4.69) is 20.5 Å². The van der Waals surface area contributed by atoms with E-state index in [0.717, 1.165) is 19.3 Å². The maximum absolute atomic E-state index is 14.7. The Kier molecular flexibility index (Phi) is 4.74. The molecular formula is C21H21FN4O4. The van der Waals surface area contributed by atoms with Crippen molar-refractivity contribution in [3.05, 3.63) is 47.1 Å². The van der Waals surface area contributed by atoms with E-state index in [0.29, 0.717) is 29.0 Å². The number of benzene rings is 1. The first-order valence-electron chi connectivity index (χ1n) is 9.99. The summed E-state index contributed by atoms with van der Waals surface area (Å²) in [5.41, 5.74) is 1.46. The second-order valence-electron chi connectivity index (χ2n) is 7.77. The van der Waals surface area contributed by atoms with Crippen LogP contribution in [0.15, 0.2) is 45.7 Å². The van der Waals surface area contributed by atoms with Crippen LogP contribution in [0.3, 0.4) is 0 Å². The SMILES string of the molecule is O=c1[nH]cc(-c2ccc(-c3ccc(O[C@H]4CC5CCCC(N5)[C@H]4F)nn3)c(O)c2)o1. The van der Waals surface area contributed by atoms with Crippen LogP contribution >= 0.6 is 0 Å². The lowest BCUT2D eigenvalue weighted by Crippen LogP contribution is -2.59. The van der Waals surface area contributed by atoms with Gasteiger partial charge in [-0.2, -0.15) is 0 Å². The molecule has 4 atom stereocenters. The lowest BCUT2D eigenvalue weighted by molar-refractivity contribution is 0.00652. The molecule has 3 N–H and O–H groups in total. The van der Waals surface area contributed by atoms with E-state index in [1.54, 1.807) is 24.3 Å². The van der Waals surface area contributed by atoms with Crippen LogP contribution in [0.1, 0.15) is 25.7 Å². The summed E-state index contributed by atoms with van der Waals surface area (Å²) in [6.07, 6.45) is 3.33. The van der Waals surface area contributed by atoms with E-state index in [1.807, 2.05) is 0 Å². The number of hydrogen-bond donors (Lipinski definition) is 3. The molecule has 156 valence electrons. The molecule has 30 heavy (non-hydrogen) atoms. The Labute approximate surface area is 171 Å². The van der Waals surface area contributed by atoms with Gasteiger partial charge in [0.15, 0.2) is 11.9 Å². The minimum absolute atomic E-state index is 0.0330. The second kappa shape index (κ2) is 7.56. The van der Waals surface area contributed by atoms with E-state index in [-0.39, 0.29) is 23.7 Å². The molecule has 2 unspecified atom stereocenters. The molecule has 0 amide bonds. The number of phenols is 1. The van der Waals surface area contributed by atoms with Gasteiger partial charge in [0.1, 0.15) is 11.9 Å². The van der Waals surface area contributed by atoms with Gasteiger partial charge in [-0.3, -0.25) is 4.98 Å². The van der Waals surface area contributed by atoms with E-state index in [1.165, 1.54) is 12.3 Å². The Morgan fingerprint density at radius 3 is 2.83 bits per heavy atom. The number of fused-ring (bicyclic) bond motifs is 2. The van der Waals surface area contributed by atoms with E-state index in [9.17, 15) is 14.3 Å². The zero-order valence-corrected chi connectivity index (χ0v) is 16.0. The average molecular weight is 412 g/mol. The van der Waals surface area contributed by atoms with Crippen LogP contribution in [0.2, 0.25) is 0 Å².